The number of amides is 2. The molecule has 0 aliphatic heterocycles. The van der Waals surface area contributed by atoms with Gasteiger partial charge in [0.1, 0.15) is 0 Å². The third kappa shape index (κ3) is 4.97. The molecule has 1 saturated carbocycles. The van der Waals surface area contributed by atoms with E-state index in [0.29, 0.717) is 23.2 Å². The molecule has 1 aliphatic carbocycles. The summed E-state index contributed by atoms with van der Waals surface area (Å²) in [6, 6.07) is 15.4. The third-order valence-corrected chi connectivity index (χ3v) is 5.62. The van der Waals surface area contributed by atoms with Gasteiger partial charge in [-0.3, -0.25) is 19.5 Å². The van der Waals surface area contributed by atoms with Crippen LogP contribution in [0, 0.1) is 12.8 Å². The summed E-state index contributed by atoms with van der Waals surface area (Å²) in [6.45, 7) is 4.43. The molecule has 1 aromatic heterocycles. The summed E-state index contributed by atoms with van der Waals surface area (Å²) in [7, 11) is 0. The fourth-order valence-corrected chi connectivity index (χ4v) is 3.53. The fraction of sp³-hybridized carbons (Fsp3) is 0.292. The number of likely N-dealkylation sites (N-methyl/N-ethyl adjacent to an activating group) is 1. The SMILES string of the molecule is CCN(CC(=O)Nc1nc(-c2ccc(Cl)cc2)cn1-c1ccc(C)cc1)C(=O)C1CC1. The predicted octanol–water partition coefficient (Wildman–Crippen LogP) is 4.70. The van der Waals surface area contributed by atoms with E-state index >= 15 is 0 Å². The Bertz CT molecular complexity index is 1090. The molecule has 160 valence electrons. The predicted molar refractivity (Wildman–Crippen MR) is 122 cm³/mol. The lowest BCUT2D eigenvalue weighted by molar-refractivity contribution is -0.135. The topological polar surface area (TPSA) is 67.2 Å². The van der Waals surface area contributed by atoms with Crippen LogP contribution < -0.4 is 5.32 Å². The first kappa shape index (κ1) is 21.1. The average molecular weight is 437 g/mol. The van der Waals surface area contributed by atoms with Crippen LogP contribution in [-0.2, 0) is 9.59 Å². The maximum absolute atomic E-state index is 12.8. The number of hydrogen-bond donors (Lipinski definition) is 1. The largest absolute Gasteiger partial charge is 0.333 e. The van der Waals surface area contributed by atoms with E-state index in [-0.39, 0.29) is 24.3 Å². The van der Waals surface area contributed by atoms with Gasteiger partial charge in [0.25, 0.3) is 0 Å². The third-order valence-electron chi connectivity index (χ3n) is 5.36. The highest BCUT2D eigenvalue weighted by Gasteiger charge is 2.33. The minimum Gasteiger partial charge on any atom is -0.333 e. The van der Waals surface area contributed by atoms with Gasteiger partial charge in [-0.2, -0.15) is 0 Å². The maximum Gasteiger partial charge on any atom is 0.246 e. The lowest BCUT2D eigenvalue weighted by Crippen LogP contribution is -2.39. The summed E-state index contributed by atoms with van der Waals surface area (Å²) in [4.78, 5) is 31.4. The number of carbonyl (C=O) groups is 2. The molecule has 3 aromatic rings. The van der Waals surface area contributed by atoms with E-state index in [2.05, 4.69) is 10.3 Å². The Morgan fingerprint density at radius 3 is 2.42 bits per heavy atom. The van der Waals surface area contributed by atoms with Crippen molar-refractivity contribution in [2.24, 2.45) is 5.92 Å². The van der Waals surface area contributed by atoms with Crippen molar-refractivity contribution in [3.63, 3.8) is 0 Å². The molecule has 0 radical (unpaired) electrons. The molecule has 2 aromatic carbocycles. The minimum atomic E-state index is -0.266. The summed E-state index contributed by atoms with van der Waals surface area (Å²) in [6.07, 6.45) is 3.72. The first-order valence-corrected chi connectivity index (χ1v) is 10.8. The first-order chi connectivity index (χ1) is 14.9. The number of rotatable bonds is 7. The molecule has 1 aliphatic rings. The van der Waals surface area contributed by atoms with Crippen molar-refractivity contribution in [3.8, 4) is 16.9 Å². The van der Waals surface area contributed by atoms with E-state index in [9.17, 15) is 9.59 Å². The second-order valence-corrected chi connectivity index (χ2v) is 8.27. The number of imidazole rings is 1. The van der Waals surface area contributed by atoms with E-state index < -0.39 is 0 Å². The Kier molecular flexibility index (Phi) is 6.09. The highest BCUT2D eigenvalue weighted by atomic mass is 35.5. The van der Waals surface area contributed by atoms with Crippen LogP contribution in [0.4, 0.5) is 5.95 Å². The van der Waals surface area contributed by atoms with E-state index in [0.717, 1.165) is 29.7 Å². The fourth-order valence-electron chi connectivity index (χ4n) is 3.40. The smallest absolute Gasteiger partial charge is 0.246 e. The van der Waals surface area contributed by atoms with Crippen LogP contribution in [0.1, 0.15) is 25.3 Å². The molecule has 31 heavy (non-hydrogen) atoms. The number of nitrogens with zero attached hydrogens (tertiary/aromatic N) is 3. The van der Waals surface area contributed by atoms with Gasteiger partial charge >= 0.3 is 0 Å². The molecule has 4 rings (SSSR count). The van der Waals surface area contributed by atoms with Crippen molar-refractivity contribution in [1.29, 1.82) is 0 Å². The summed E-state index contributed by atoms with van der Waals surface area (Å²) in [5, 5.41) is 3.55. The molecular formula is C24H25ClN4O2. The second kappa shape index (κ2) is 8.94. The van der Waals surface area contributed by atoms with E-state index in [4.69, 9.17) is 11.6 Å². The van der Waals surface area contributed by atoms with Crippen molar-refractivity contribution in [3.05, 3.63) is 65.3 Å². The van der Waals surface area contributed by atoms with Gasteiger partial charge in [-0.25, -0.2) is 4.98 Å². The summed E-state index contributed by atoms with van der Waals surface area (Å²) in [5.41, 5.74) is 3.64. The van der Waals surface area contributed by atoms with Gasteiger partial charge in [0.15, 0.2) is 0 Å². The number of carbonyl (C=O) groups excluding carboxylic acids is 2. The lowest BCUT2D eigenvalue weighted by atomic mass is 10.2. The van der Waals surface area contributed by atoms with Crippen LogP contribution in [0.25, 0.3) is 16.9 Å². The molecule has 6 nitrogen and oxygen atoms in total. The highest BCUT2D eigenvalue weighted by Crippen LogP contribution is 2.31. The lowest BCUT2D eigenvalue weighted by Gasteiger charge is -2.20. The van der Waals surface area contributed by atoms with Crippen LogP contribution in [0.5, 0.6) is 0 Å². The highest BCUT2D eigenvalue weighted by molar-refractivity contribution is 6.30. The zero-order valence-electron chi connectivity index (χ0n) is 17.6. The Labute approximate surface area is 186 Å². The molecule has 7 heteroatoms. The van der Waals surface area contributed by atoms with Gasteiger partial charge in [-0.15, -0.1) is 0 Å². The van der Waals surface area contributed by atoms with Gasteiger partial charge < -0.3 is 4.90 Å². The standard InChI is InChI=1S/C24H25ClN4O2/c1-3-28(23(31)18-6-7-18)15-22(30)27-24-26-21(17-8-10-19(25)11-9-17)14-29(24)20-12-4-16(2)5-13-20/h4-5,8-14,18H,3,6-7,15H2,1-2H3,(H,26,27,30). The van der Waals surface area contributed by atoms with E-state index in [1.54, 1.807) is 4.90 Å². The molecule has 0 saturated heterocycles. The van der Waals surface area contributed by atoms with Crippen LogP contribution in [0.3, 0.4) is 0 Å². The summed E-state index contributed by atoms with van der Waals surface area (Å²) < 4.78 is 1.85. The molecule has 0 bridgehead atoms. The van der Waals surface area contributed by atoms with E-state index in [1.165, 1.54) is 0 Å². The Morgan fingerprint density at radius 1 is 1.13 bits per heavy atom. The first-order valence-electron chi connectivity index (χ1n) is 10.5. The van der Waals surface area contributed by atoms with Crippen LogP contribution in [0.2, 0.25) is 5.02 Å². The zero-order valence-corrected chi connectivity index (χ0v) is 18.4. The Morgan fingerprint density at radius 2 is 1.81 bits per heavy atom. The number of benzene rings is 2. The molecule has 1 heterocycles. The summed E-state index contributed by atoms with van der Waals surface area (Å²) in [5.74, 6) is 0.284. The Balaban J connectivity index is 1.61. The van der Waals surface area contributed by atoms with Gasteiger partial charge in [-0.1, -0.05) is 41.4 Å². The molecular weight excluding hydrogens is 412 g/mol. The van der Waals surface area contributed by atoms with Gasteiger partial charge in [0.2, 0.25) is 17.8 Å². The zero-order chi connectivity index (χ0) is 22.0. The number of aryl methyl sites for hydroxylation is 1. The van der Waals surface area contributed by atoms with Crippen LogP contribution in [-0.4, -0.2) is 39.4 Å². The van der Waals surface area contributed by atoms with Crippen LogP contribution >= 0.6 is 11.6 Å². The van der Waals surface area contributed by atoms with Crippen molar-refractivity contribution in [2.45, 2.75) is 26.7 Å². The molecule has 0 spiro atoms. The molecule has 1 fully saturated rings. The quantitative estimate of drug-likeness (QED) is 0.583. The second-order valence-electron chi connectivity index (χ2n) is 7.84. The monoisotopic (exact) mass is 436 g/mol. The number of hydrogen-bond acceptors (Lipinski definition) is 3. The van der Waals surface area contributed by atoms with Gasteiger partial charge in [0, 0.05) is 34.9 Å². The normalized spacial score (nSPS) is 13.1. The maximum atomic E-state index is 12.8. The van der Waals surface area contributed by atoms with Gasteiger partial charge in [0.05, 0.1) is 12.2 Å². The number of nitrogens with one attached hydrogen (secondary N) is 1. The molecule has 2 amide bonds. The van der Waals surface area contributed by atoms with Crippen molar-refractivity contribution in [1.82, 2.24) is 14.5 Å². The number of anilines is 1. The number of halogens is 1. The average Bonchev–Trinajstić information content (AvgIpc) is 3.54. The van der Waals surface area contributed by atoms with Crippen LogP contribution in [0.15, 0.2) is 54.7 Å². The molecule has 0 unspecified atom stereocenters. The van der Waals surface area contributed by atoms with Gasteiger partial charge in [-0.05, 0) is 51.0 Å². The molecule has 0 atom stereocenters. The summed E-state index contributed by atoms with van der Waals surface area (Å²) >= 11 is 6.01. The molecule has 1 N–H and O–H groups in total. The van der Waals surface area contributed by atoms with E-state index in [1.807, 2.05) is 73.1 Å². The minimum absolute atomic E-state index is 0.0167. The number of aromatic nitrogens is 2. The van der Waals surface area contributed by atoms with Crippen molar-refractivity contribution < 1.29 is 9.59 Å². The van der Waals surface area contributed by atoms with Crippen molar-refractivity contribution in [2.75, 3.05) is 18.4 Å². The van der Waals surface area contributed by atoms with Crippen molar-refractivity contribution >= 4 is 29.4 Å². The Hall–Kier alpha value is -3.12.